The molecule has 38 heavy (non-hydrogen) atoms. The van der Waals surface area contributed by atoms with Gasteiger partial charge in [-0.25, -0.2) is 17.1 Å². The first-order valence-electron chi connectivity index (χ1n) is 11.5. The number of aliphatic hydroxyl groups excluding tert-OH is 2. The molecule has 5 rings (SSSR count). The topological polar surface area (TPSA) is 137 Å². The average Bonchev–Trinajstić information content (AvgIpc) is 3.43. The van der Waals surface area contributed by atoms with Gasteiger partial charge in [-0.05, 0) is 70.6 Å². The number of aromatic nitrogens is 2. The molecule has 0 radical (unpaired) electrons. The van der Waals surface area contributed by atoms with Gasteiger partial charge >= 0.3 is 0 Å². The number of nitrogens with one attached hydrogen (secondary N) is 1. The van der Waals surface area contributed by atoms with Crippen LogP contribution in [0, 0.1) is 5.82 Å². The predicted molar refractivity (Wildman–Crippen MR) is 139 cm³/mol. The number of sulfonamides is 1. The predicted octanol–water partition coefficient (Wildman–Crippen LogP) is 3.74. The van der Waals surface area contributed by atoms with Crippen molar-refractivity contribution in [3.8, 4) is 11.1 Å². The number of hydrogen-bond acceptors (Lipinski definition) is 7. The van der Waals surface area contributed by atoms with Crippen molar-refractivity contribution in [2.24, 2.45) is 0 Å². The summed E-state index contributed by atoms with van der Waals surface area (Å²) in [6, 6.07) is 19.2. The molecule has 0 bridgehead atoms. The van der Waals surface area contributed by atoms with Gasteiger partial charge < -0.3 is 19.7 Å². The lowest BCUT2D eigenvalue weighted by Gasteiger charge is -2.25. The number of halogens is 1. The Morgan fingerprint density at radius 3 is 2.55 bits per heavy atom. The van der Waals surface area contributed by atoms with E-state index >= 15 is 0 Å². The second kappa shape index (κ2) is 10.2. The molecule has 0 saturated carbocycles. The summed E-state index contributed by atoms with van der Waals surface area (Å²) in [5, 5.41) is 24.1. The van der Waals surface area contributed by atoms with Crippen LogP contribution in [0.15, 0.2) is 99.3 Å². The molecule has 0 fully saturated rings. The second-order valence-electron chi connectivity index (χ2n) is 8.59. The number of anilines is 2. The molecule has 0 aliphatic rings. The molecule has 0 spiro atoms. The molecule has 5 aromatic rings. The monoisotopic (exact) mass is 535 g/mol. The Hall–Kier alpha value is -4.32. The van der Waals surface area contributed by atoms with Crippen molar-refractivity contribution in [1.29, 1.82) is 0 Å². The fraction of sp³-hybridized carbons (Fsp3) is 0.111. The Bertz CT molecular complexity index is 1770. The van der Waals surface area contributed by atoms with Crippen molar-refractivity contribution in [2.45, 2.75) is 17.4 Å². The van der Waals surface area contributed by atoms with Crippen molar-refractivity contribution in [3.63, 3.8) is 0 Å². The molecule has 3 N–H and O–H groups in total. The van der Waals surface area contributed by atoms with Crippen molar-refractivity contribution in [3.05, 3.63) is 107 Å². The number of benzene rings is 3. The van der Waals surface area contributed by atoms with Crippen molar-refractivity contribution in [1.82, 2.24) is 10.1 Å². The van der Waals surface area contributed by atoms with E-state index in [1.165, 1.54) is 60.9 Å². The maximum absolute atomic E-state index is 14.1. The van der Waals surface area contributed by atoms with Gasteiger partial charge in [0.25, 0.3) is 10.0 Å². The van der Waals surface area contributed by atoms with Crippen LogP contribution in [0.5, 0.6) is 0 Å². The third-order valence-corrected chi connectivity index (χ3v) is 7.70. The normalized spacial score (nSPS) is 12.5. The number of aromatic amines is 1. The fourth-order valence-electron chi connectivity index (χ4n) is 4.20. The SMILES string of the molecule is O=c1ccc2cc(S(=O)(=O)N(c3ccon3)c3ccc(-c4cccc(F)c4)cc3C[C@H](O)CO)ccc2[nH]1. The largest absolute Gasteiger partial charge is 0.394 e. The summed E-state index contributed by atoms with van der Waals surface area (Å²) in [6.07, 6.45) is -0.0553. The molecule has 0 unspecified atom stereocenters. The number of rotatable bonds is 8. The zero-order chi connectivity index (χ0) is 26.9. The number of H-pyrrole nitrogens is 1. The van der Waals surface area contributed by atoms with Crippen LogP contribution in [0.1, 0.15) is 5.56 Å². The Morgan fingerprint density at radius 1 is 1.00 bits per heavy atom. The van der Waals surface area contributed by atoms with Gasteiger partial charge in [-0.2, -0.15) is 0 Å². The van der Waals surface area contributed by atoms with E-state index in [4.69, 9.17) is 4.52 Å². The first kappa shape index (κ1) is 25.3. The molecule has 0 aliphatic heterocycles. The standard InChI is InChI=1S/C27H22FN3O6S/c28-21-3-1-2-17(13-21)18-4-8-25(20(12-18)14-22(33)16-32)31(26-10-11-37-30-26)38(35,36)23-6-7-24-19(15-23)5-9-27(34)29-24/h1-13,15,22,32-33H,14,16H2,(H,29,34)/t22-/m0/s1. The number of pyridine rings is 1. The highest BCUT2D eigenvalue weighted by molar-refractivity contribution is 7.93. The van der Waals surface area contributed by atoms with Crippen LogP contribution >= 0.6 is 0 Å². The Morgan fingerprint density at radius 2 is 1.82 bits per heavy atom. The van der Waals surface area contributed by atoms with E-state index in [-0.39, 0.29) is 28.4 Å². The quantitative estimate of drug-likeness (QED) is 0.275. The van der Waals surface area contributed by atoms with Gasteiger partial charge in [0, 0.05) is 24.1 Å². The number of hydrogen-bond donors (Lipinski definition) is 3. The van der Waals surface area contributed by atoms with E-state index in [1.54, 1.807) is 24.3 Å². The minimum atomic E-state index is -4.31. The Kier molecular flexibility index (Phi) is 6.81. The summed E-state index contributed by atoms with van der Waals surface area (Å²) in [5.74, 6) is -0.474. The number of aliphatic hydroxyl groups is 2. The maximum atomic E-state index is 14.1. The van der Waals surface area contributed by atoms with E-state index < -0.39 is 28.6 Å². The van der Waals surface area contributed by atoms with Gasteiger partial charge in [-0.1, -0.05) is 23.4 Å². The summed E-state index contributed by atoms with van der Waals surface area (Å²) in [7, 11) is -4.31. The minimum Gasteiger partial charge on any atom is -0.394 e. The van der Waals surface area contributed by atoms with Crippen LogP contribution in [-0.4, -0.2) is 41.5 Å². The van der Waals surface area contributed by atoms with Gasteiger partial charge in [0.1, 0.15) is 12.1 Å². The fourth-order valence-corrected chi connectivity index (χ4v) is 5.70. The number of nitrogens with zero attached hydrogens (tertiary/aromatic N) is 2. The summed E-state index contributed by atoms with van der Waals surface area (Å²) < 4.78 is 47.9. The van der Waals surface area contributed by atoms with Crippen molar-refractivity contribution in [2.75, 3.05) is 10.9 Å². The van der Waals surface area contributed by atoms with Gasteiger partial charge in [0.05, 0.1) is 23.3 Å². The first-order chi connectivity index (χ1) is 18.3. The number of fused-ring (bicyclic) bond motifs is 1. The molecular weight excluding hydrogens is 513 g/mol. The molecule has 11 heteroatoms. The van der Waals surface area contributed by atoms with Crippen molar-refractivity contribution >= 4 is 32.4 Å². The molecule has 0 saturated heterocycles. The summed E-state index contributed by atoms with van der Waals surface area (Å²) in [6.45, 7) is -0.552. The average molecular weight is 536 g/mol. The van der Waals surface area contributed by atoms with E-state index in [0.29, 0.717) is 27.6 Å². The lowest BCUT2D eigenvalue weighted by atomic mass is 9.98. The zero-order valence-electron chi connectivity index (χ0n) is 19.8. The Labute approximate surface area is 216 Å². The van der Waals surface area contributed by atoms with Crippen LogP contribution in [0.3, 0.4) is 0 Å². The highest BCUT2D eigenvalue weighted by Crippen LogP contribution is 2.37. The van der Waals surface area contributed by atoms with E-state index in [0.717, 1.165) is 4.31 Å². The van der Waals surface area contributed by atoms with Gasteiger partial charge in [-0.3, -0.25) is 4.79 Å². The Balaban J connectivity index is 1.69. The third-order valence-electron chi connectivity index (χ3n) is 5.99. The van der Waals surface area contributed by atoms with E-state index in [9.17, 15) is 27.8 Å². The molecule has 3 aromatic carbocycles. The van der Waals surface area contributed by atoms with Crippen molar-refractivity contribution < 1.29 is 27.5 Å². The lowest BCUT2D eigenvalue weighted by Crippen LogP contribution is -2.28. The maximum Gasteiger partial charge on any atom is 0.270 e. The molecular formula is C27H22FN3O6S. The van der Waals surface area contributed by atoms with Gasteiger partial charge in [0.2, 0.25) is 5.56 Å². The van der Waals surface area contributed by atoms with Crippen LogP contribution < -0.4 is 9.86 Å². The van der Waals surface area contributed by atoms with E-state index in [2.05, 4.69) is 10.1 Å². The summed E-state index contributed by atoms with van der Waals surface area (Å²) in [4.78, 5) is 14.2. The van der Waals surface area contributed by atoms with Crippen LogP contribution in [0.2, 0.25) is 0 Å². The smallest absolute Gasteiger partial charge is 0.270 e. The molecule has 194 valence electrons. The van der Waals surface area contributed by atoms with Crippen LogP contribution in [0.25, 0.3) is 22.0 Å². The highest BCUT2D eigenvalue weighted by Gasteiger charge is 2.31. The lowest BCUT2D eigenvalue weighted by molar-refractivity contribution is 0.0956. The second-order valence-corrected chi connectivity index (χ2v) is 10.4. The minimum absolute atomic E-state index is 0.0372. The van der Waals surface area contributed by atoms with Gasteiger partial charge in [0.15, 0.2) is 5.82 Å². The highest BCUT2D eigenvalue weighted by atomic mass is 32.2. The summed E-state index contributed by atoms with van der Waals surface area (Å²) >= 11 is 0. The molecule has 2 heterocycles. The van der Waals surface area contributed by atoms with E-state index in [1.807, 2.05) is 0 Å². The molecule has 9 nitrogen and oxygen atoms in total. The molecule has 0 aliphatic carbocycles. The molecule has 1 atom stereocenters. The first-order valence-corrected chi connectivity index (χ1v) is 13.0. The van der Waals surface area contributed by atoms with Gasteiger partial charge in [-0.15, -0.1) is 0 Å². The third kappa shape index (κ3) is 4.94. The molecule has 0 amide bonds. The zero-order valence-corrected chi connectivity index (χ0v) is 20.6. The molecule has 2 aromatic heterocycles. The summed E-state index contributed by atoms with van der Waals surface area (Å²) in [5.41, 5.74) is 1.81. The van der Waals surface area contributed by atoms with Crippen LogP contribution in [-0.2, 0) is 16.4 Å². The van der Waals surface area contributed by atoms with Crippen LogP contribution in [0.4, 0.5) is 15.9 Å².